The molecule has 0 bridgehead atoms. The van der Waals surface area contributed by atoms with Gasteiger partial charge in [0.1, 0.15) is 0 Å². The van der Waals surface area contributed by atoms with Gasteiger partial charge in [-0.05, 0) is 60.7 Å². The van der Waals surface area contributed by atoms with E-state index in [2.05, 4.69) is 6.92 Å². The molecule has 0 aromatic heterocycles. The second kappa shape index (κ2) is 11.3. The van der Waals surface area contributed by atoms with E-state index in [1.54, 1.807) is 48.5 Å². The number of rotatable bonds is 8. The third kappa shape index (κ3) is 5.67. The minimum absolute atomic E-state index is 0.252. The van der Waals surface area contributed by atoms with Crippen LogP contribution < -0.4 is 9.47 Å². The Kier molecular flexibility index (Phi) is 7.74. The zero-order valence-corrected chi connectivity index (χ0v) is 20.0. The molecule has 4 nitrogen and oxygen atoms in total. The van der Waals surface area contributed by atoms with Crippen LogP contribution in [0.1, 0.15) is 51.6 Å². The van der Waals surface area contributed by atoms with Crippen LogP contribution in [0.5, 0.6) is 11.5 Å². The lowest BCUT2D eigenvalue weighted by Crippen LogP contribution is -2.15. The van der Waals surface area contributed by atoms with Crippen molar-refractivity contribution in [2.24, 2.45) is 0 Å². The van der Waals surface area contributed by atoms with Gasteiger partial charge in [0.05, 0.1) is 11.1 Å². The highest BCUT2D eigenvalue weighted by Crippen LogP contribution is 2.44. The summed E-state index contributed by atoms with van der Waals surface area (Å²) < 4.78 is 11.9. The molecule has 0 N–H and O–H groups in total. The Morgan fingerprint density at radius 3 is 1.69 bits per heavy atom. The summed E-state index contributed by atoms with van der Waals surface area (Å²) in [5.74, 6) is -0.500. The van der Waals surface area contributed by atoms with Crippen LogP contribution in [-0.2, 0) is 6.42 Å². The summed E-state index contributed by atoms with van der Waals surface area (Å²) in [7, 11) is 0. The fourth-order valence-corrected chi connectivity index (χ4v) is 4.00. The summed E-state index contributed by atoms with van der Waals surface area (Å²) in [6.07, 6.45) is 2.82. The lowest BCUT2D eigenvalue weighted by Gasteiger charge is -2.21. The molecule has 0 fully saturated rings. The number of benzene rings is 4. The predicted octanol–water partition coefficient (Wildman–Crippen LogP) is 7.44. The van der Waals surface area contributed by atoms with E-state index in [4.69, 9.17) is 9.47 Å². The van der Waals surface area contributed by atoms with Crippen LogP contribution >= 0.6 is 0 Å². The summed E-state index contributed by atoms with van der Waals surface area (Å²) >= 11 is 0. The summed E-state index contributed by atoms with van der Waals surface area (Å²) in [5.41, 5.74) is 4.28. The average Bonchev–Trinajstić information content (AvgIpc) is 2.90. The Labute approximate surface area is 206 Å². The van der Waals surface area contributed by atoms with Crippen molar-refractivity contribution in [3.8, 4) is 22.6 Å². The first-order valence-corrected chi connectivity index (χ1v) is 11.8. The lowest BCUT2D eigenvalue weighted by atomic mass is 9.92. The molecule has 0 aliphatic carbocycles. The standard InChI is InChI=1S/C31H28O4/c1-3-4-14-26-21-22(2)28(34-30(32)24-17-10-6-11-18-24)29(27(26)23-15-8-5-9-16-23)35-31(33)25-19-12-7-13-20-25/h5-13,15-21H,3-4,14H2,1-2H3. The first-order chi connectivity index (χ1) is 17.1. The van der Waals surface area contributed by atoms with Crippen molar-refractivity contribution in [2.45, 2.75) is 33.1 Å². The summed E-state index contributed by atoms with van der Waals surface area (Å²) in [6, 6.07) is 29.4. The van der Waals surface area contributed by atoms with Gasteiger partial charge in [-0.25, -0.2) is 9.59 Å². The summed E-state index contributed by atoms with van der Waals surface area (Å²) in [6.45, 7) is 4.01. The van der Waals surface area contributed by atoms with Gasteiger partial charge in [-0.2, -0.15) is 0 Å². The smallest absolute Gasteiger partial charge is 0.343 e. The van der Waals surface area contributed by atoms with Gasteiger partial charge < -0.3 is 9.47 Å². The fraction of sp³-hybridized carbons (Fsp3) is 0.161. The van der Waals surface area contributed by atoms with Gasteiger partial charge in [-0.15, -0.1) is 0 Å². The van der Waals surface area contributed by atoms with Crippen LogP contribution in [0.25, 0.3) is 11.1 Å². The molecule has 0 aliphatic heterocycles. The maximum atomic E-state index is 13.2. The number of unbranched alkanes of at least 4 members (excludes halogenated alkanes) is 1. The maximum Gasteiger partial charge on any atom is 0.343 e. The van der Waals surface area contributed by atoms with Crippen LogP contribution in [0.3, 0.4) is 0 Å². The number of carbonyl (C=O) groups is 2. The van der Waals surface area contributed by atoms with Crippen LogP contribution in [0.15, 0.2) is 97.1 Å². The largest absolute Gasteiger partial charge is 0.419 e. The van der Waals surface area contributed by atoms with E-state index in [9.17, 15) is 9.59 Å². The average molecular weight is 465 g/mol. The van der Waals surface area contributed by atoms with E-state index >= 15 is 0 Å². The first kappa shape index (κ1) is 24.0. The molecule has 4 aromatic carbocycles. The van der Waals surface area contributed by atoms with Gasteiger partial charge in [0.15, 0.2) is 11.5 Å². The van der Waals surface area contributed by atoms with Crippen LogP contribution in [0, 0.1) is 6.92 Å². The molecule has 0 amide bonds. The van der Waals surface area contributed by atoms with Crippen LogP contribution in [-0.4, -0.2) is 11.9 Å². The number of ether oxygens (including phenoxy) is 2. The van der Waals surface area contributed by atoms with Gasteiger partial charge in [-0.1, -0.05) is 86.1 Å². The molecule has 0 atom stereocenters. The third-order valence-electron chi connectivity index (χ3n) is 5.77. The molecule has 4 rings (SSSR count). The molecule has 0 saturated carbocycles. The van der Waals surface area contributed by atoms with Crippen molar-refractivity contribution < 1.29 is 19.1 Å². The molecule has 0 radical (unpaired) electrons. The van der Waals surface area contributed by atoms with E-state index in [0.717, 1.165) is 41.5 Å². The predicted molar refractivity (Wildman–Crippen MR) is 138 cm³/mol. The highest BCUT2D eigenvalue weighted by molar-refractivity contribution is 5.95. The van der Waals surface area contributed by atoms with Crippen molar-refractivity contribution in [1.29, 1.82) is 0 Å². The van der Waals surface area contributed by atoms with E-state index in [0.29, 0.717) is 11.1 Å². The monoisotopic (exact) mass is 464 g/mol. The molecule has 0 spiro atoms. The van der Waals surface area contributed by atoms with Crippen molar-refractivity contribution in [1.82, 2.24) is 0 Å². The number of hydrogen-bond acceptors (Lipinski definition) is 4. The van der Waals surface area contributed by atoms with E-state index in [-0.39, 0.29) is 11.5 Å². The van der Waals surface area contributed by atoms with Crippen molar-refractivity contribution in [3.05, 3.63) is 119 Å². The minimum atomic E-state index is -0.508. The molecule has 4 aromatic rings. The van der Waals surface area contributed by atoms with E-state index in [1.165, 1.54) is 0 Å². The number of aryl methyl sites for hydroxylation is 2. The molecule has 0 aliphatic rings. The van der Waals surface area contributed by atoms with Gasteiger partial charge >= 0.3 is 11.9 Å². The Hall–Kier alpha value is -4.18. The zero-order chi connectivity index (χ0) is 24.6. The fourth-order valence-electron chi connectivity index (χ4n) is 4.00. The SMILES string of the molecule is CCCCc1cc(C)c(OC(=O)c2ccccc2)c(OC(=O)c2ccccc2)c1-c1ccccc1. The van der Waals surface area contributed by atoms with Gasteiger partial charge in [0, 0.05) is 5.56 Å². The number of hydrogen-bond donors (Lipinski definition) is 0. The molecule has 176 valence electrons. The Morgan fingerprint density at radius 1 is 0.686 bits per heavy atom. The van der Waals surface area contributed by atoms with E-state index < -0.39 is 11.9 Å². The van der Waals surface area contributed by atoms with Gasteiger partial charge in [-0.3, -0.25) is 0 Å². The summed E-state index contributed by atoms with van der Waals surface area (Å²) in [4.78, 5) is 26.2. The quantitative estimate of drug-likeness (QED) is 0.201. The second-order valence-corrected chi connectivity index (χ2v) is 8.37. The van der Waals surface area contributed by atoms with Gasteiger partial charge in [0.2, 0.25) is 0 Å². The normalized spacial score (nSPS) is 10.6. The lowest BCUT2D eigenvalue weighted by molar-refractivity contribution is 0.0682. The van der Waals surface area contributed by atoms with E-state index in [1.807, 2.05) is 55.5 Å². The van der Waals surface area contributed by atoms with Crippen LogP contribution in [0.4, 0.5) is 0 Å². The molecule has 4 heteroatoms. The Balaban J connectivity index is 1.88. The van der Waals surface area contributed by atoms with Gasteiger partial charge in [0.25, 0.3) is 0 Å². The van der Waals surface area contributed by atoms with Crippen LogP contribution in [0.2, 0.25) is 0 Å². The zero-order valence-electron chi connectivity index (χ0n) is 20.0. The van der Waals surface area contributed by atoms with Crippen molar-refractivity contribution in [2.75, 3.05) is 0 Å². The second-order valence-electron chi connectivity index (χ2n) is 8.37. The number of carbonyl (C=O) groups excluding carboxylic acids is 2. The summed E-state index contributed by atoms with van der Waals surface area (Å²) in [5, 5.41) is 0. The Morgan fingerprint density at radius 2 is 1.17 bits per heavy atom. The minimum Gasteiger partial charge on any atom is -0.419 e. The highest BCUT2D eigenvalue weighted by atomic mass is 16.6. The maximum absolute atomic E-state index is 13.2. The topological polar surface area (TPSA) is 52.6 Å². The molecule has 35 heavy (non-hydrogen) atoms. The molecule has 0 unspecified atom stereocenters. The molecular formula is C31H28O4. The first-order valence-electron chi connectivity index (χ1n) is 11.8. The third-order valence-corrected chi connectivity index (χ3v) is 5.77. The van der Waals surface area contributed by atoms with Crippen molar-refractivity contribution >= 4 is 11.9 Å². The molecule has 0 saturated heterocycles. The number of esters is 2. The highest BCUT2D eigenvalue weighted by Gasteiger charge is 2.25. The van der Waals surface area contributed by atoms with Crippen molar-refractivity contribution in [3.63, 3.8) is 0 Å². The molecule has 0 heterocycles. The Bertz CT molecular complexity index is 1300. The molecular weight excluding hydrogens is 436 g/mol.